The van der Waals surface area contributed by atoms with Crippen LogP contribution in [-0.2, 0) is 4.79 Å². The Morgan fingerprint density at radius 2 is 2.00 bits per heavy atom. The highest BCUT2D eigenvalue weighted by Crippen LogP contribution is 2.27. The molecule has 27 heavy (non-hydrogen) atoms. The number of aliphatic imine (C=N–C) groups is 1. The molecule has 0 aliphatic carbocycles. The van der Waals surface area contributed by atoms with E-state index in [9.17, 15) is 4.79 Å². The van der Waals surface area contributed by atoms with E-state index in [2.05, 4.69) is 31.6 Å². The first-order valence-corrected chi connectivity index (χ1v) is 9.02. The average molecular weight is 568 g/mol. The third-order valence-corrected chi connectivity index (χ3v) is 4.31. The number of hydrogen-bond donors (Lipinski definition) is 3. The Labute approximate surface area is 189 Å². The second kappa shape index (κ2) is 11.4. The molecule has 2 aromatic rings. The van der Waals surface area contributed by atoms with Gasteiger partial charge in [-0.25, -0.2) is 0 Å². The van der Waals surface area contributed by atoms with Gasteiger partial charge in [-0.2, -0.15) is 0 Å². The lowest BCUT2D eigenvalue weighted by Gasteiger charge is -2.09. The number of amides is 1. The van der Waals surface area contributed by atoms with Crippen molar-refractivity contribution in [3.8, 4) is 5.75 Å². The van der Waals surface area contributed by atoms with Gasteiger partial charge >= 0.3 is 0 Å². The van der Waals surface area contributed by atoms with Crippen LogP contribution in [0.4, 0.5) is 11.4 Å². The largest absolute Gasteiger partial charge is 0.495 e. The number of guanidine groups is 1. The summed E-state index contributed by atoms with van der Waals surface area (Å²) >= 11 is 9.45. The number of methoxy groups -OCH3 is 1. The van der Waals surface area contributed by atoms with Crippen LogP contribution in [0.3, 0.4) is 0 Å². The molecule has 0 heterocycles. The molecule has 0 atom stereocenters. The molecule has 2 rings (SSSR count). The highest BCUT2D eigenvalue weighted by molar-refractivity contribution is 14.0. The number of hydrogen-bond acceptors (Lipinski definition) is 3. The topological polar surface area (TPSA) is 88.7 Å². The Kier molecular flexibility index (Phi) is 9.89. The van der Waals surface area contributed by atoms with Crippen LogP contribution in [0.1, 0.15) is 12.0 Å². The highest BCUT2D eigenvalue weighted by atomic mass is 127. The molecule has 146 valence electrons. The maximum absolute atomic E-state index is 12.0. The SMILES string of the molecule is COc1ccc(NC(N)=NCCC(=O)Nc2cc(Br)ccc2C)cc1Cl.I. The lowest BCUT2D eigenvalue weighted by atomic mass is 10.2. The minimum absolute atomic E-state index is 0. The van der Waals surface area contributed by atoms with Crippen molar-refractivity contribution in [1.82, 2.24) is 0 Å². The average Bonchev–Trinajstić information content (AvgIpc) is 2.58. The second-order valence-corrected chi connectivity index (χ2v) is 6.82. The number of halogens is 3. The van der Waals surface area contributed by atoms with E-state index in [-0.39, 0.29) is 48.8 Å². The van der Waals surface area contributed by atoms with E-state index in [1.807, 2.05) is 25.1 Å². The Bertz CT molecular complexity index is 833. The van der Waals surface area contributed by atoms with E-state index in [4.69, 9.17) is 22.1 Å². The maximum atomic E-state index is 12.0. The summed E-state index contributed by atoms with van der Waals surface area (Å²) in [6.45, 7) is 2.20. The van der Waals surface area contributed by atoms with Crippen molar-refractivity contribution in [2.75, 3.05) is 24.3 Å². The van der Waals surface area contributed by atoms with Gasteiger partial charge in [-0.15, -0.1) is 24.0 Å². The molecule has 9 heteroatoms. The normalized spacial score (nSPS) is 10.7. The van der Waals surface area contributed by atoms with Crippen LogP contribution in [0.15, 0.2) is 45.9 Å². The number of nitrogens with zero attached hydrogens (tertiary/aromatic N) is 1. The summed E-state index contributed by atoms with van der Waals surface area (Å²) < 4.78 is 6.00. The van der Waals surface area contributed by atoms with Crippen LogP contribution in [0.25, 0.3) is 0 Å². The van der Waals surface area contributed by atoms with Crippen LogP contribution in [-0.4, -0.2) is 25.5 Å². The highest BCUT2D eigenvalue weighted by Gasteiger charge is 2.06. The van der Waals surface area contributed by atoms with Crippen molar-refractivity contribution in [2.45, 2.75) is 13.3 Å². The molecule has 0 aromatic heterocycles. The molecule has 0 unspecified atom stereocenters. The molecule has 0 aliphatic heterocycles. The van der Waals surface area contributed by atoms with Crippen molar-refractivity contribution in [2.24, 2.45) is 10.7 Å². The number of carbonyl (C=O) groups excluding carboxylic acids is 1. The number of rotatable bonds is 6. The molecular weight excluding hydrogens is 546 g/mol. The quantitative estimate of drug-likeness (QED) is 0.266. The standard InChI is InChI=1S/C18H20BrClN4O2.HI/c1-11-3-4-12(19)9-15(11)24-17(25)7-8-22-18(21)23-13-5-6-16(26-2)14(20)10-13;/h3-6,9-10H,7-8H2,1-2H3,(H,24,25)(H3,21,22,23);1H. The number of carbonyl (C=O) groups is 1. The van der Waals surface area contributed by atoms with Crippen molar-refractivity contribution < 1.29 is 9.53 Å². The van der Waals surface area contributed by atoms with Gasteiger partial charge in [-0.05, 0) is 42.8 Å². The summed E-state index contributed by atoms with van der Waals surface area (Å²) in [7, 11) is 1.55. The van der Waals surface area contributed by atoms with Gasteiger partial charge in [0.1, 0.15) is 5.75 Å². The van der Waals surface area contributed by atoms with Gasteiger partial charge in [-0.1, -0.05) is 33.6 Å². The minimum atomic E-state index is -0.129. The van der Waals surface area contributed by atoms with Crippen LogP contribution in [0, 0.1) is 6.92 Å². The van der Waals surface area contributed by atoms with Crippen LogP contribution < -0.4 is 21.1 Å². The van der Waals surface area contributed by atoms with E-state index in [1.54, 1.807) is 25.3 Å². The number of benzene rings is 2. The molecule has 0 spiro atoms. The van der Waals surface area contributed by atoms with Gasteiger partial charge in [0.25, 0.3) is 0 Å². The molecular formula is C18H21BrClIN4O2. The molecule has 4 N–H and O–H groups in total. The molecule has 0 bridgehead atoms. The first kappa shape index (κ1) is 23.5. The van der Waals surface area contributed by atoms with Gasteiger partial charge in [0, 0.05) is 22.3 Å². The summed E-state index contributed by atoms with van der Waals surface area (Å²) in [6, 6.07) is 10.9. The van der Waals surface area contributed by atoms with E-state index in [0.717, 1.165) is 15.7 Å². The third kappa shape index (κ3) is 7.55. The van der Waals surface area contributed by atoms with Gasteiger partial charge in [0.2, 0.25) is 5.91 Å². The molecule has 0 radical (unpaired) electrons. The molecule has 0 saturated carbocycles. The lowest BCUT2D eigenvalue weighted by Crippen LogP contribution is -2.23. The van der Waals surface area contributed by atoms with Crippen molar-refractivity contribution in [1.29, 1.82) is 0 Å². The Morgan fingerprint density at radius 1 is 1.26 bits per heavy atom. The zero-order chi connectivity index (χ0) is 19.1. The maximum Gasteiger partial charge on any atom is 0.226 e. The summed E-state index contributed by atoms with van der Waals surface area (Å²) in [5.74, 6) is 0.653. The van der Waals surface area contributed by atoms with Crippen LogP contribution >= 0.6 is 51.5 Å². The zero-order valence-corrected chi connectivity index (χ0v) is 19.6. The van der Waals surface area contributed by atoms with Gasteiger partial charge in [0.15, 0.2) is 5.96 Å². The van der Waals surface area contributed by atoms with Crippen LogP contribution in [0.5, 0.6) is 5.75 Å². The van der Waals surface area contributed by atoms with E-state index < -0.39 is 0 Å². The molecule has 0 saturated heterocycles. The molecule has 1 amide bonds. The summed E-state index contributed by atoms with van der Waals surface area (Å²) in [4.78, 5) is 16.2. The molecule has 0 fully saturated rings. The van der Waals surface area contributed by atoms with E-state index in [1.165, 1.54) is 0 Å². The van der Waals surface area contributed by atoms with Gasteiger partial charge in [0.05, 0.1) is 18.7 Å². The second-order valence-electron chi connectivity index (χ2n) is 5.50. The van der Waals surface area contributed by atoms with Crippen molar-refractivity contribution in [3.63, 3.8) is 0 Å². The van der Waals surface area contributed by atoms with Gasteiger partial charge < -0.3 is 21.1 Å². The first-order valence-electron chi connectivity index (χ1n) is 7.85. The monoisotopic (exact) mass is 566 g/mol. The fraction of sp³-hybridized carbons (Fsp3) is 0.222. The predicted molar refractivity (Wildman–Crippen MR) is 126 cm³/mol. The fourth-order valence-electron chi connectivity index (χ4n) is 2.15. The number of nitrogens with two attached hydrogens (primary N) is 1. The molecule has 2 aromatic carbocycles. The third-order valence-electron chi connectivity index (χ3n) is 3.52. The summed E-state index contributed by atoms with van der Waals surface area (Å²) in [5.41, 5.74) is 8.28. The zero-order valence-electron chi connectivity index (χ0n) is 14.9. The van der Waals surface area contributed by atoms with Crippen molar-refractivity contribution >= 4 is 74.7 Å². The lowest BCUT2D eigenvalue weighted by molar-refractivity contribution is -0.116. The Balaban J connectivity index is 0.00000364. The molecule has 6 nitrogen and oxygen atoms in total. The number of ether oxygens (including phenoxy) is 1. The minimum Gasteiger partial charge on any atom is -0.495 e. The predicted octanol–water partition coefficient (Wildman–Crippen LogP) is 4.79. The van der Waals surface area contributed by atoms with Gasteiger partial charge in [-0.3, -0.25) is 9.79 Å². The Morgan fingerprint density at radius 3 is 2.67 bits per heavy atom. The fourth-order valence-corrected chi connectivity index (χ4v) is 2.77. The van der Waals surface area contributed by atoms with Crippen molar-refractivity contribution in [3.05, 3.63) is 51.5 Å². The number of nitrogens with one attached hydrogen (secondary N) is 2. The smallest absolute Gasteiger partial charge is 0.226 e. The number of aryl methyl sites for hydroxylation is 1. The van der Waals surface area contributed by atoms with Crippen LogP contribution in [0.2, 0.25) is 5.02 Å². The summed E-state index contributed by atoms with van der Waals surface area (Å²) in [6.07, 6.45) is 0.220. The number of anilines is 2. The Hall–Kier alpha value is -1.52. The van der Waals surface area contributed by atoms with E-state index >= 15 is 0 Å². The summed E-state index contributed by atoms with van der Waals surface area (Å²) in [5, 5.41) is 6.25. The van der Waals surface area contributed by atoms with E-state index in [0.29, 0.717) is 16.5 Å². The molecule has 0 aliphatic rings. The first-order chi connectivity index (χ1) is 12.4.